The van der Waals surface area contributed by atoms with Gasteiger partial charge in [-0.05, 0) is 29.7 Å². The highest BCUT2D eigenvalue weighted by atomic mass is 16.6. The van der Waals surface area contributed by atoms with Crippen molar-refractivity contribution in [2.45, 2.75) is 30.8 Å². The maximum absolute atomic E-state index is 5.44. The maximum atomic E-state index is 5.44. The molecule has 1 aromatic carbocycles. The second-order valence-electron chi connectivity index (χ2n) is 9.17. The van der Waals surface area contributed by atoms with Gasteiger partial charge in [0.1, 0.15) is 0 Å². The molecule has 5 rings (SSSR count). The summed E-state index contributed by atoms with van der Waals surface area (Å²) in [4.78, 5) is 4.81. The Kier molecular flexibility index (Phi) is 7.05. The van der Waals surface area contributed by atoms with Gasteiger partial charge < -0.3 is 23.8 Å². The Bertz CT molecular complexity index is 793. The van der Waals surface area contributed by atoms with Crippen molar-refractivity contribution in [1.82, 2.24) is 4.90 Å². The zero-order chi connectivity index (χ0) is 21.8. The van der Waals surface area contributed by atoms with Gasteiger partial charge in [-0.2, -0.15) is 0 Å². The van der Waals surface area contributed by atoms with Crippen LogP contribution in [0, 0.1) is 0 Å². The van der Waals surface area contributed by atoms with E-state index in [-0.39, 0.29) is 0 Å². The predicted molar refractivity (Wildman–Crippen MR) is 125 cm³/mol. The van der Waals surface area contributed by atoms with E-state index in [9.17, 15) is 0 Å². The lowest BCUT2D eigenvalue weighted by molar-refractivity contribution is 0.237. The summed E-state index contributed by atoms with van der Waals surface area (Å²) in [5.74, 6) is 0. The second-order valence-corrected chi connectivity index (χ2v) is 9.17. The van der Waals surface area contributed by atoms with Crippen molar-refractivity contribution < 1.29 is 18.9 Å². The number of rotatable bonds is 15. The van der Waals surface area contributed by atoms with Crippen LogP contribution < -0.4 is 4.90 Å². The van der Waals surface area contributed by atoms with Gasteiger partial charge in [0.2, 0.25) is 0 Å². The van der Waals surface area contributed by atoms with Gasteiger partial charge in [0, 0.05) is 38.4 Å². The SMILES string of the molecule is C=C/C=C(\C=C/CN(CC1CO1)CC1CO1)Cc1ccc(N(CC2CO2)CC2CO2)cc1. The molecule has 4 heterocycles. The van der Waals surface area contributed by atoms with E-state index in [1.165, 1.54) is 16.8 Å². The molecular formula is C26H34N2O4. The smallest absolute Gasteiger partial charge is 0.0984 e. The largest absolute Gasteiger partial charge is 0.372 e. The van der Waals surface area contributed by atoms with E-state index in [1.807, 2.05) is 6.08 Å². The third kappa shape index (κ3) is 7.29. The van der Waals surface area contributed by atoms with E-state index in [0.29, 0.717) is 24.4 Å². The summed E-state index contributed by atoms with van der Waals surface area (Å²) < 4.78 is 21.7. The van der Waals surface area contributed by atoms with Crippen LogP contribution in [-0.4, -0.2) is 88.5 Å². The number of epoxide rings is 4. The first kappa shape index (κ1) is 21.9. The summed E-state index contributed by atoms with van der Waals surface area (Å²) >= 11 is 0. The molecule has 0 amide bonds. The van der Waals surface area contributed by atoms with Gasteiger partial charge in [0.25, 0.3) is 0 Å². The molecule has 4 aliphatic heterocycles. The molecular weight excluding hydrogens is 404 g/mol. The van der Waals surface area contributed by atoms with Crippen LogP contribution in [0.25, 0.3) is 0 Å². The Labute approximate surface area is 191 Å². The summed E-state index contributed by atoms with van der Waals surface area (Å²) in [7, 11) is 0. The summed E-state index contributed by atoms with van der Waals surface area (Å²) in [5, 5.41) is 0. The van der Waals surface area contributed by atoms with Gasteiger partial charge in [0.05, 0.1) is 50.8 Å². The summed E-state index contributed by atoms with van der Waals surface area (Å²) in [6, 6.07) is 8.91. The second kappa shape index (κ2) is 10.3. The third-order valence-corrected chi connectivity index (χ3v) is 6.12. The van der Waals surface area contributed by atoms with Crippen LogP contribution in [0.1, 0.15) is 5.56 Å². The highest BCUT2D eigenvalue weighted by molar-refractivity contribution is 5.49. The van der Waals surface area contributed by atoms with Crippen molar-refractivity contribution in [3.05, 3.63) is 66.3 Å². The van der Waals surface area contributed by atoms with Crippen molar-refractivity contribution in [3.8, 4) is 0 Å². The molecule has 1 aromatic rings. The van der Waals surface area contributed by atoms with Gasteiger partial charge in [-0.3, -0.25) is 4.90 Å². The quantitative estimate of drug-likeness (QED) is 0.310. The van der Waals surface area contributed by atoms with E-state index in [2.05, 4.69) is 58.9 Å². The minimum absolute atomic E-state index is 0.373. The average molecular weight is 439 g/mol. The number of hydrogen-bond donors (Lipinski definition) is 0. The predicted octanol–water partition coefficient (Wildman–Crippen LogP) is 2.60. The van der Waals surface area contributed by atoms with Gasteiger partial charge in [-0.15, -0.1) is 0 Å². The molecule has 4 fully saturated rings. The third-order valence-electron chi connectivity index (χ3n) is 6.12. The molecule has 0 saturated carbocycles. The number of anilines is 1. The molecule has 0 aliphatic carbocycles. The van der Waals surface area contributed by atoms with Gasteiger partial charge in [0.15, 0.2) is 0 Å². The lowest BCUT2D eigenvalue weighted by Gasteiger charge is -2.23. The van der Waals surface area contributed by atoms with Crippen LogP contribution in [0.15, 0.2) is 60.7 Å². The fourth-order valence-corrected chi connectivity index (χ4v) is 4.01. The van der Waals surface area contributed by atoms with E-state index < -0.39 is 0 Å². The van der Waals surface area contributed by atoms with E-state index >= 15 is 0 Å². The number of nitrogens with zero attached hydrogens (tertiary/aromatic N) is 2. The molecule has 0 bridgehead atoms. The van der Waals surface area contributed by atoms with Crippen LogP contribution in [0.2, 0.25) is 0 Å². The molecule has 6 heteroatoms. The Morgan fingerprint density at radius 3 is 1.88 bits per heavy atom. The molecule has 0 spiro atoms. The number of hydrogen-bond acceptors (Lipinski definition) is 6. The van der Waals surface area contributed by atoms with Crippen molar-refractivity contribution in [1.29, 1.82) is 0 Å². The molecule has 4 aliphatic rings. The Morgan fingerprint density at radius 1 is 0.844 bits per heavy atom. The van der Waals surface area contributed by atoms with Gasteiger partial charge >= 0.3 is 0 Å². The Morgan fingerprint density at radius 2 is 1.38 bits per heavy atom. The fourth-order valence-electron chi connectivity index (χ4n) is 4.01. The topological polar surface area (TPSA) is 56.6 Å². The first-order chi connectivity index (χ1) is 15.7. The minimum Gasteiger partial charge on any atom is -0.372 e. The van der Waals surface area contributed by atoms with Crippen molar-refractivity contribution in [3.63, 3.8) is 0 Å². The summed E-state index contributed by atoms with van der Waals surface area (Å²) in [5.41, 5.74) is 3.80. The maximum Gasteiger partial charge on any atom is 0.0984 e. The van der Waals surface area contributed by atoms with Crippen molar-refractivity contribution >= 4 is 5.69 Å². The molecule has 4 atom stereocenters. The van der Waals surface area contributed by atoms with Crippen LogP contribution in [0.3, 0.4) is 0 Å². The Balaban J connectivity index is 1.16. The number of benzene rings is 1. The van der Waals surface area contributed by atoms with E-state index in [0.717, 1.165) is 65.6 Å². The van der Waals surface area contributed by atoms with Crippen LogP contribution in [-0.2, 0) is 25.4 Å². The summed E-state index contributed by atoms with van der Waals surface area (Å²) in [6.07, 6.45) is 10.9. The molecule has 4 unspecified atom stereocenters. The van der Waals surface area contributed by atoms with E-state index in [1.54, 1.807) is 0 Å². The lowest BCUT2D eigenvalue weighted by Crippen LogP contribution is -2.31. The molecule has 0 N–H and O–H groups in total. The number of ether oxygens (including phenoxy) is 4. The van der Waals surface area contributed by atoms with Crippen LogP contribution >= 0.6 is 0 Å². The van der Waals surface area contributed by atoms with Crippen molar-refractivity contribution in [2.75, 3.05) is 64.1 Å². The number of allylic oxidation sites excluding steroid dienone is 4. The standard InChI is InChI=1S/C26H34N2O4/c1-2-4-20(5-3-10-27(12-23-16-29-23)13-24-17-30-24)11-21-6-8-22(9-7-21)28(14-25-18-31-25)15-26-19-32-26/h2-9,23-26H,1,10-19H2/b5-3-,20-4+. The molecule has 172 valence electrons. The molecule has 4 saturated heterocycles. The highest BCUT2D eigenvalue weighted by Gasteiger charge is 2.31. The molecule has 0 aromatic heterocycles. The lowest BCUT2D eigenvalue weighted by atomic mass is 10.0. The Hall–Kier alpha value is -1.96. The zero-order valence-corrected chi connectivity index (χ0v) is 18.7. The van der Waals surface area contributed by atoms with Gasteiger partial charge in [-0.25, -0.2) is 0 Å². The minimum atomic E-state index is 0.373. The molecule has 32 heavy (non-hydrogen) atoms. The summed E-state index contributed by atoms with van der Waals surface area (Å²) in [6.45, 7) is 12.2. The monoisotopic (exact) mass is 438 g/mol. The molecule has 6 nitrogen and oxygen atoms in total. The first-order valence-corrected chi connectivity index (χ1v) is 11.8. The normalized spacial score (nSPS) is 28.2. The fraction of sp³-hybridized carbons (Fsp3) is 0.538. The van der Waals surface area contributed by atoms with Crippen LogP contribution in [0.4, 0.5) is 5.69 Å². The van der Waals surface area contributed by atoms with Crippen molar-refractivity contribution in [2.24, 2.45) is 0 Å². The zero-order valence-electron chi connectivity index (χ0n) is 18.7. The molecule has 0 radical (unpaired) electrons. The van der Waals surface area contributed by atoms with Crippen LogP contribution in [0.5, 0.6) is 0 Å². The van der Waals surface area contributed by atoms with Gasteiger partial charge in [-0.1, -0.05) is 43.0 Å². The first-order valence-electron chi connectivity index (χ1n) is 11.8. The average Bonchev–Trinajstić information content (AvgIpc) is 3.62. The van der Waals surface area contributed by atoms with E-state index in [4.69, 9.17) is 18.9 Å². The highest BCUT2D eigenvalue weighted by Crippen LogP contribution is 2.24.